The van der Waals surface area contributed by atoms with Gasteiger partial charge in [0.25, 0.3) is 0 Å². The van der Waals surface area contributed by atoms with Crippen molar-refractivity contribution in [2.45, 2.75) is 13.5 Å². The van der Waals surface area contributed by atoms with Crippen LogP contribution < -0.4 is 5.32 Å². The lowest BCUT2D eigenvalue weighted by atomic mass is 10.2. The molecule has 1 heterocycles. The first-order valence-corrected chi connectivity index (χ1v) is 6.30. The number of benzene rings is 1. The standard InChI is InChI=1S/C11H11ClIN3/c1-7-8(6-15-16-7)5-14-11-3-2-9(12)4-10(11)13/h2-4,6,14H,5H2,1H3,(H,15,16). The maximum absolute atomic E-state index is 5.89. The number of H-pyrrole nitrogens is 1. The molecule has 0 amide bonds. The molecular formula is C11H11ClIN3. The van der Waals surface area contributed by atoms with Crippen LogP contribution in [0.15, 0.2) is 24.4 Å². The molecule has 0 bridgehead atoms. The van der Waals surface area contributed by atoms with E-state index in [0.29, 0.717) is 0 Å². The SMILES string of the molecule is Cc1[nH]ncc1CNc1ccc(Cl)cc1I. The molecule has 3 nitrogen and oxygen atoms in total. The second kappa shape index (κ2) is 5.05. The smallest absolute Gasteiger partial charge is 0.0539 e. The number of anilines is 1. The highest BCUT2D eigenvalue weighted by atomic mass is 127. The second-order valence-corrected chi connectivity index (χ2v) is 5.10. The van der Waals surface area contributed by atoms with E-state index in [2.05, 4.69) is 38.1 Å². The number of rotatable bonds is 3. The summed E-state index contributed by atoms with van der Waals surface area (Å²) in [4.78, 5) is 0. The molecule has 0 fully saturated rings. The van der Waals surface area contributed by atoms with Gasteiger partial charge >= 0.3 is 0 Å². The second-order valence-electron chi connectivity index (χ2n) is 3.50. The van der Waals surface area contributed by atoms with Crippen LogP contribution in [0.1, 0.15) is 11.3 Å². The van der Waals surface area contributed by atoms with Crippen molar-refractivity contribution in [1.29, 1.82) is 0 Å². The molecule has 2 rings (SSSR count). The molecule has 16 heavy (non-hydrogen) atoms. The van der Waals surface area contributed by atoms with E-state index in [1.54, 1.807) is 0 Å². The van der Waals surface area contributed by atoms with Crippen LogP contribution in [-0.4, -0.2) is 10.2 Å². The third-order valence-electron chi connectivity index (χ3n) is 2.33. The van der Waals surface area contributed by atoms with Gasteiger partial charge in [-0.3, -0.25) is 5.10 Å². The summed E-state index contributed by atoms with van der Waals surface area (Å²) in [6, 6.07) is 5.81. The normalized spacial score (nSPS) is 10.4. The molecule has 0 aliphatic rings. The summed E-state index contributed by atoms with van der Waals surface area (Å²) >= 11 is 8.16. The Bertz CT molecular complexity index is 496. The molecule has 5 heteroatoms. The van der Waals surface area contributed by atoms with Gasteiger partial charge in [-0.1, -0.05) is 11.6 Å². The molecule has 0 radical (unpaired) electrons. The molecule has 0 aliphatic heterocycles. The number of hydrogen-bond acceptors (Lipinski definition) is 2. The zero-order valence-electron chi connectivity index (χ0n) is 8.72. The molecule has 0 unspecified atom stereocenters. The van der Waals surface area contributed by atoms with Gasteiger partial charge in [-0.25, -0.2) is 0 Å². The third-order valence-corrected chi connectivity index (χ3v) is 3.46. The molecule has 1 aromatic heterocycles. The minimum Gasteiger partial charge on any atom is -0.380 e. The maximum atomic E-state index is 5.89. The van der Waals surface area contributed by atoms with Crippen LogP contribution in [0.3, 0.4) is 0 Å². The fourth-order valence-electron chi connectivity index (χ4n) is 1.38. The summed E-state index contributed by atoms with van der Waals surface area (Å²) in [6.07, 6.45) is 1.84. The van der Waals surface area contributed by atoms with Crippen molar-refractivity contribution in [1.82, 2.24) is 10.2 Å². The topological polar surface area (TPSA) is 40.7 Å². The molecule has 0 atom stereocenters. The summed E-state index contributed by atoms with van der Waals surface area (Å²) in [7, 11) is 0. The maximum Gasteiger partial charge on any atom is 0.0539 e. The molecule has 2 N–H and O–H groups in total. The molecule has 2 aromatic rings. The number of halogens is 2. The number of aryl methyl sites for hydroxylation is 1. The highest BCUT2D eigenvalue weighted by molar-refractivity contribution is 14.1. The van der Waals surface area contributed by atoms with Crippen molar-refractivity contribution in [2.75, 3.05) is 5.32 Å². The Balaban J connectivity index is 2.08. The first kappa shape index (κ1) is 11.7. The van der Waals surface area contributed by atoms with Crippen molar-refractivity contribution in [2.24, 2.45) is 0 Å². The van der Waals surface area contributed by atoms with E-state index >= 15 is 0 Å². The zero-order chi connectivity index (χ0) is 11.5. The van der Waals surface area contributed by atoms with Crippen molar-refractivity contribution in [3.63, 3.8) is 0 Å². The van der Waals surface area contributed by atoms with Gasteiger partial charge in [0.05, 0.1) is 6.20 Å². The molecule has 0 spiro atoms. The van der Waals surface area contributed by atoms with Gasteiger partial charge in [-0.05, 0) is 47.7 Å². The predicted molar refractivity (Wildman–Crippen MR) is 74.8 cm³/mol. The molecule has 0 saturated heterocycles. The van der Waals surface area contributed by atoms with Crippen LogP contribution in [0.25, 0.3) is 0 Å². The van der Waals surface area contributed by atoms with Crippen molar-refractivity contribution < 1.29 is 0 Å². The van der Waals surface area contributed by atoms with Crippen LogP contribution in [0.4, 0.5) is 5.69 Å². The van der Waals surface area contributed by atoms with Gasteiger partial charge in [0.1, 0.15) is 0 Å². The molecular weight excluding hydrogens is 336 g/mol. The highest BCUT2D eigenvalue weighted by Crippen LogP contribution is 2.22. The lowest BCUT2D eigenvalue weighted by Gasteiger charge is -2.08. The van der Waals surface area contributed by atoms with Crippen LogP contribution >= 0.6 is 34.2 Å². The van der Waals surface area contributed by atoms with Gasteiger partial charge in [0.15, 0.2) is 0 Å². The molecule has 1 aromatic carbocycles. The Morgan fingerprint density at radius 3 is 2.94 bits per heavy atom. The summed E-state index contributed by atoms with van der Waals surface area (Å²) in [6.45, 7) is 2.77. The predicted octanol–water partition coefficient (Wildman–Crippen LogP) is 3.59. The van der Waals surface area contributed by atoms with Gasteiger partial charge < -0.3 is 5.32 Å². The number of nitrogens with zero attached hydrogens (tertiary/aromatic N) is 1. The fraction of sp³-hybridized carbons (Fsp3) is 0.182. The van der Waals surface area contributed by atoms with Crippen molar-refractivity contribution >= 4 is 39.9 Å². The quantitative estimate of drug-likeness (QED) is 0.833. The zero-order valence-corrected chi connectivity index (χ0v) is 11.6. The van der Waals surface area contributed by atoms with E-state index in [9.17, 15) is 0 Å². The van der Waals surface area contributed by atoms with Crippen LogP contribution in [0.2, 0.25) is 5.02 Å². The highest BCUT2D eigenvalue weighted by Gasteiger charge is 2.03. The monoisotopic (exact) mass is 347 g/mol. The molecule has 84 valence electrons. The lowest BCUT2D eigenvalue weighted by Crippen LogP contribution is -2.01. The summed E-state index contributed by atoms with van der Waals surface area (Å²) < 4.78 is 1.12. The summed E-state index contributed by atoms with van der Waals surface area (Å²) in [5, 5.41) is 11.0. The Morgan fingerprint density at radius 1 is 1.50 bits per heavy atom. The number of aromatic nitrogens is 2. The van der Waals surface area contributed by atoms with Gasteiger partial charge in [-0.15, -0.1) is 0 Å². The van der Waals surface area contributed by atoms with Crippen molar-refractivity contribution in [3.05, 3.63) is 44.2 Å². The van der Waals surface area contributed by atoms with Crippen LogP contribution in [0.5, 0.6) is 0 Å². The van der Waals surface area contributed by atoms with E-state index in [1.165, 1.54) is 5.56 Å². The summed E-state index contributed by atoms with van der Waals surface area (Å²) in [5.74, 6) is 0. The minimum atomic E-state index is 0.759. The molecule has 0 saturated carbocycles. The first-order chi connectivity index (χ1) is 7.66. The van der Waals surface area contributed by atoms with E-state index in [-0.39, 0.29) is 0 Å². The Labute approximate surface area is 113 Å². The van der Waals surface area contributed by atoms with Gasteiger partial charge in [0.2, 0.25) is 0 Å². The Morgan fingerprint density at radius 2 is 2.31 bits per heavy atom. The molecule has 0 aliphatic carbocycles. The van der Waals surface area contributed by atoms with Gasteiger partial charge in [-0.2, -0.15) is 5.10 Å². The Hall–Kier alpha value is -0.750. The fourth-order valence-corrected chi connectivity index (χ4v) is 2.44. The lowest BCUT2D eigenvalue weighted by molar-refractivity contribution is 1.04. The largest absolute Gasteiger partial charge is 0.380 e. The van der Waals surface area contributed by atoms with E-state index in [1.807, 2.05) is 31.3 Å². The average Bonchev–Trinajstić information content (AvgIpc) is 2.63. The minimum absolute atomic E-state index is 0.759. The van der Waals surface area contributed by atoms with E-state index in [4.69, 9.17) is 11.6 Å². The Kier molecular flexibility index (Phi) is 3.70. The van der Waals surface area contributed by atoms with Crippen molar-refractivity contribution in [3.8, 4) is 0 Å². The van der Waals surface area contributed by atoms with Crippen LogP contribution in [-0.2, 0) is 6.54 Å². The first-order valence-electron chi connectivity index (χ1n) is 4.84. The number of aromatic amines is 1. The van der Waals surface area contributed by atoms with Gasteiger partial charge in [0, 0.05) is 32.1 Å². The number of hydrogen-bond donors (Lipinski definition) is 2. The van der Waals surface area contributed by atoms with Crippen LogP contribution in [0, 0.1) is 10.5 Å². The van der Waals surface area contributed by atoms with E-state index in [0.717, 1.165) is 26.5 Å². The van der Waals surface area contributed by atoms with E-state index < -0.39 is 0 Å². The summed E-state index contributed by atoms with van der Waals surface area (Å²) in [5.41, 5.74) is 3.35. The average molecular weight is 348 g/mol. The third kappa shape index (κ3) is 2.68. The number of nitrogens with one attached hydrogen (secondary N) is 2.